The fraction of sp³-hybridized carbons (Fsp3) is 0.318. The summed E-state index contributed by atoms with van der Waals surface area (Å²) in [6.07, 6.45) is 6.38. The van der Waals surface area contributed by atoms with Gasteiger partial charge < -0.3 is 15.4 Å². The summed E-state index contributed by atoms with van der Waals surface area (Å²) < 4.78 is 7.64. The molecule has 0 spiro atoms. The summed E-state index contributed by atoms with van der Waals surface area (Å²) in [7, 11) is 1.76. The van der Waals surface area contributed by atoms with Crippen LogP contribution in [-0.2, 0) is 13.1 Å². The number of aromatic nitrogens is 3. The molecule has 0 aliphatic rings. The third-order valence-electron chi connectivity index (χ3n) is 4.36. The first-order chi connectivity index (χ1) is 14.2. The molecular weight excluding hydrogens is 364 g/mol. The molecule has 1 aromatic carbocycles. The van der Waals surface area contributed by atoms with Crippen LogP contribution < -0.4 is 15.4 Å². The van der Waals surface area contributed by atoms with Gasteiger partial charge in [-0.15, -0.1) is 0 Å². The van der Waals surface area contributed by atoms with Crippen molar-refractivity contribution in [2.75, 3.05) is 13.7 Å². The van der Waals surface area contributed by atoms with Gasteiger partial charge in [0.25, 0.3) is 0 Å². The van der Waals surface area contributed by atoms with Crippen molar-refractivity contribution in [3.63, 3.8) is 0 Å². The predicted molar refractivity (Wildman–Crippen MR) is 115 cm³/mol. The molecule has 0 radical (unpaired) electrons. The highest BCUT2D eigenvalue weighted by atomic mass is 16.5. The van der Waals surface area contributed by atoms with Crippen molar-refractivity contribution >= 4 is 5.96 Å². The van der Waals surface area contributed by atoms with Crippen molar-refractivity contribution < 1.29 is 4.74 Å². The smallest absolute Gasteiger partial charge is 0.191 e. The third kappa shape index (κ3) is 5.81. The number of hydrogen-bond donors (Lipinski definition) is 2. The number of nitrogens with one attached hydrogen (secondary N) is 2. The maximum atomic E-state index is 5.90. The summed E-state index contributed by atoms with van der Waals surface area (Å²) in [5.74, 6) is 2.44. The van der Waals surface area contributed by atoms with Crippen LogP contribution in [0.1, 0.15) is 30.0 Å². The molecule has 0 fully saturated rings. The van der Waals surface area contributed by atoms with Crippen molar-refractivity contribution in [1.82, 2.24) is 25.4 Å². The molecule has 3 aromatic rings. The summed E-state index contributed by atoms with van der Waals surface area (Å²) in [5.41, 5.74) is 3.39. The molecule has 2 aromatic heterocycles. The molecule has 0 aliphatic heterocycles. The lowest BCUT2D eigenvalue weighted by atomic mass is 10.1. The maximum absolute atomic E-state index is 5.90. The molecule has 0 bridgehead atoms. The highest BCUT2D eigenvalue weighted by Crippen LogP contribution is 2.20. The molecule has 3 rings (SSSR count). The minimum Gasteiger partial charge on any atom is -0.493 e. The second-order valence-corrected chi connectivity index (χ2v) is 6.71. The molecule has 2 N–H and O–H groups in total. The van der Waals surface area contributed by atoms with Crippen molar-refractivity contribution in [3.05, 3.63) is 71.7 Å². The van der Waals surface area contributed by atoms with Crippen LogP contribution >= 0.6 is 0 Å². The summed E-state index contributed by atoms with van der Waals surface area (Å²) in [5, 5.41) is 10.9. The van der Waals surface area contributed by atoms with Crippen LogP contribution in [0.3, 0.4) is 0 Å². The number of benzene rings is 1. The molecule has 2 heterocycles. The molecule has 0 saturated carbocycles. The maximum Gasteiger partial charge on any atom is 0.191 e. The van der Waals surface area contributed by atoms with Gasteiger partial charge in [0, 0.05) is 44.3 Å². The summed E-state index contributed by atoms with van der Waals surface area (Å²) in [6.45, 7) is 6.15. The fourth-order valence-electron chi connectivity index (χ4n) is 2.84. The van der Waals surface area contributed by atoms with Crippen molar-refractivity contribution in [2.24, 2.45) is 4.99 Å². The Morgan fingerprint density at radius 1 is 1.14 bits per heavy atom. The molecule has 29 heavy (non-hydrogen) atoms. The van der Waals surface area contributed by atoms with Gasteiger partial charge >= 0.3 is 0 Å². The van der Waals surface area contributed by atoms with E-state index in [1.807, 2.05) is 24.4 Å². The number of pyridine rings is 1. The first-order valence-corrected chi connectivity index (χ1v) is 9.81. The molecule has 7 nitrogen and oxygen atoms in total. The van der Waals surface area contributed by atoms with E-state index < -0.39 is 0 Å². The molecular formula is C22H28N6O. The van der Waals surface area contributed by atoms with Gasteiger partial charge in [0.05, 0.1) is 6.61 Å². The standard InChI is InChI=1S/C22H28N6O/c1-4-12-29-20-13-17(2)6-7-19(20)16-26-22(23-3)25-15-18-8-10-24-21(14-18)28-11-5-9-27-28/h5-11,13-14H,4,12,15-16H2,1-3H3,(H2,23,25,26). The number of guanidine groups is 1. The zero-order valence-corrected chi connectivity index (χ0v) is 17.2. The van der Waals surface area contributed by atoms with Crippen molar-refractivity contribution in [3.8, 4) is 11.6 Å². The molecule has 0 unspecified atom stereocenters. The number of hydrogen-bond acceptors (Lipinski definition) is 4. The van der Waals surface area contributed by atoms with Gasteiger partial charge in [0.1, 0.15) is 5.75 Å². The van der Waals surface area contributed by atoms with Crippen molar-refractivity contribution in [2.45, 2.75) is 33.4 Å². The van der Waals surface area contributed by atoms with Gasteiger partial charge in [-0.05, 0) is 48.7 Å². The Kier molecular flexibility index (Phi) is 7.22. The summed E-state index contributed by atoms with van der Waals surface area (Å²) in [4.78, 5) is 8.68. The Bertz CT molecular complexity index is 936. The summed E-state index contributed by atoms with van der Waals surface area (Å²) >= 11 is 0. The van der Waals surface area contributed by atoms with Crippen LogP contribution in [0.15, 0.2) is 60.0 Å². The summed E-state index contributed by atoms with van der Waals surface area (Å²) in [6, 6.07) is 12.1. The minimum atomic E-state index is 0.629. The average molecular weight is 393 g/mol. The van der Waals surface area contributed by atoms with Crippen LogP contribution in [-0.4, -0.2) is 34.4 Å². The van der Waals surface area contributed by atoms with Gasteiger partial charge in [-0.3, -0.25) is 4.99 Å². The second kappa shape index (κ2) is 10.3. The normalized spacial score (nSPS) is 11.3. The molecule has 152 valence electrons. The Labute approximate surface area is 171 Å². The number of nitrogens with zero attached hydrogens (tertiary/aromatic N) is 4. The van der Waals surface area contributed by atoms with Crippen LogP contribution in [0.5, 0.6) is 5.75 Å². The molecule has 7 heteroatoms. The van der Waals surface area contributed by atoms with Crippen LogP contribution in [0.2, 0.25) is 0 Å². The van der Waals surface area contributed by atoms with E-state index in [-0.39, 0.29) is 0 Å². The van der Waals surface area contributed by atoms with E-state index in [1.54, 1.807) is 24.1 Å². The number of rotatable bonds is 8. The lowest BCUT2D eigenvalue weighted by Gasteiger charge is -2.15. The number of aliphatic imine (C=N–C) groups is 1. The second-order valence-electron chi connectivity index (χ2n) is 6.71. The fourth-order valence-corrected chi connectivity index (χ4v) is 2.84. The van der Waals surface area contributed by atoms with E-state index in [0.717, 1.165) is 35.1 Å². The molecule has 0 atom stereocenters. The Hall–Kier alpha value is -3.35. The first-order valence-electron chi connectivity index (χ1n) is 9.81. The van der Waals surface area contributed by atoms with Gasteiger partial charge in [-0.25, -0.2) is 9.67 Å². The van der Waals surface area contributed by atoms with Gasteiger partial charge in [0.15, 0.2) is 11.8 Å². The minimum absolute atomic E-state index is 0.629. The topological polar surface area (TPSA) is 76.4 Å². The van der Waals surface area contributed by atoms with Crippen LogP contribution in [0.25, 0.3) is 5.82 Å². The van der Waals surface area contributed by atoms with Gasteiger partial charge in [-0.1, -0.05) is 19.1 Å². The van der Waals surface area contributed by atoms with Crippen LogP contribution in [0, 0.1) is 6.92 Å². The zero-order chi connectivity index (χ0) is 20.5. The molecule has 0 aliphatic carbocycles. The highest BCUT2D eigenvalue weighted by Gasteiger charge is 2.06. The quantitative estimate of drug-likeness (QED) is 0.455. The van der Waals surface area contributed by atoms with E-state index in [0.29, 0.717) is 19.7 Å². The van der Waals surface area contributed by atoms with Gasteiger partial charge in [0.2, 0.25) is 0 Å². The first kappa shape index (κ1) is 20.4. The molecule has 0 saturated heterocycles. The highest BCUT2D eigenvalue weighted by molar-refractivity contribution is 5.79. The molecule has 0 amide bonds. The average Bonchev–Trinajstić information content (AvgIpc) is 3.28. The van der Waals surface area contributed by atoms with Gasteiger partial charge in [-0.2, -0.15) is 5.10 Å². The Balaban J connectivity index is 1.59. The van der Waals surface area contributed by atoms with E-state index in [9.17, 15) is 0 Å². The van der Waals surface area contributed by atoms with E-state index in [4.69, 9.17) is 4.74 Å². The lowest BCUT2D eigenvalue weighted by molar-refractivity contribution is 0.313. The Morgan fingerprint density at radius 2 is 2.00 bits per heavy atom. The van der Waals surface area contributed by atoms with Crippen molar-refractivity contribution in [1.29, 1.82) is 0 Å². The Morgan fingerprint density at radius 3 is 2.76 bits per heavy atom. The largest absolute Gasteiger partial charge is 0.493 e. The SMILES string of the molecule is CCCOc1cc(C)ccc1CNC(=NC)NCc1ccnc(-n2cccn2)c1. The van der Waals surface area contributed by atoms with E-state index in [2.05, 4.69) is 57.8 Å². The van der Waals surface area contributed by atoms with E-state index >= 15 is 0 Å². The monoisotopic (exact) mass is 392 g/mol. The van der Waals surface area contributed by atoms with E-state index in [1.165, 1.54) is 5.56 Å². The lowest BCUT2D eigenvalue weighted by Crippen LogP contribution is -2.36. The third-order valence-corrected chi connectivity index (χ3v) is 4.36. The predicted octanol–water partition coefficient (Wildman–Crippen LogP) is 3.23. The number of aryl methyl sites for hydroxylation is 1. The van der Waals surface area contributed by atoms with Crippen LogP contribution in [0.4, 0.5) is 0 Å². The number of ether oxygens (including phenoxy) is 1. The zero-order valence-electron chi connectivity index (χ0n) is 17.2.